The van der Waals surface area contributed by atoms with Gasteiger partial charge in [0.2, 0.25) is 0 Å². The molecule has 4 rings (SSSR count). The molecule has 0 fully saturated rings. The van der Waals surface area contributed by atoms with Gasteiger partial charge in [-0.3, -0.25) is 9.69 Å². The molecular weight excluding hydrogens is 462 g/mol. The molecule has 168 valence electrons. The van der Waals surface area contributed by atoms with Crippen molar-refractivity contribution in [3.8, 4) is 17.6 Å². The molecule has 0 unspecified atom stereocenters. The third kappa shape index (κ3) is 3.99. The van der Waals surface area contributed by atoms with Gasteiger partial charge in [0.1, 0.15) is 16.8 Å². The molecule has 0 aliphatic carbocycles. The number of nitrogens with two attached hydrogens (primary N) is 1. The van der Waals surface area contributed by atoms with Crippen molar-refractivity contribution in [1.29, 1.82) is 5.26 Å². The maximum absolute atomic E-state index is 13.5. The number of aliphatic imine (C=N–C) groups is 1. The molecule has 0 saturated carbocycles. The molecule has 0 aromatic heterocycles. The molecule has 2 heterocycles. The number of nitrogens with one attached hydrogen (secondary N) is 1. The van der Waals surface area contributed by atoms with Crippen LogP contribution in [0.2, 0.25) is 5.02 Å². The van der Waals surface area contributed by atoms with Gasteiger partial charge >= 0.3 is 0 Å². The number of amides is 1. The maximum Gasteiger partial charge on any atom is 0.255 e. The van der Waals surface area contributed by atoms with Gasteiger partial charge in [0.25, 0.3) is 5.91 Å². The predicted octanol–water partition coefficient (Wildman–Crippen LogP) is 4.38. The number of methoxy groups -OCH3 is 2. The number of rotatable bonds is 5. The number of halogens is 1. The van der Waals surface area contributed by atoms with Gasteiger partial charge in [0.05, 0.1) is 36.6 Å². The number of carbonyl (C=O) groups is 1. The fourth-order valence-corrected chi connectivity index (χ4v) is 4.97. The molecule has 2 aromatic rings. The molecule has 8 nitrogen and oxygen atoms in total. The lowest BCUT2D eigenvalue weighted by Crippen LogP contribution is -2.39. The van der Waals surface area contributed by atoms with Crippen molar-refractivity contribution in [1.82, 2.24) is 4.90 Å². The summed E-state index contributed by atoms with van der Waals surface area (Å²) in [6, 6.07) is 13.9. The van der Waals surface area contributed by atoms with Crippen molar-refractivity contribution in [2.75, 3.05) is 19.5 Å². The van der Waals surface area contributed by atoms with Gasteiger partial charge in [-0.2, -0.15) is 5.26 Å². The zero-order valence-electron chi connectivity index (χ0n) is 18.0. The number of amidine groups is 1. The summed E-state index contributed by atoms with van der Waals surface area (Å²) in [5.74, 6) is 0.648. The number of hydrogen-bond donors (Lipinski definition) is 2. The maximum atomic E-state index is 13.5. The first-order valence-corrected chi connectivity index (χ1v) is 11.0. The summed E-state index contributed by atoms with van der Waals surface area (Å²) < 4.78 is 10.8. The summed E-state index contributed by atoms with van der Waals surface area (Å²) in [6.45, 7) is 1.75. The second kappa shape index (κ2) is 9.10. The highest BCUT2D eigenvalue weighted by atomic mass is 35.5. The summed E-state index contributed by atoms with van der Waals surface area (Å²) in [6.07, 6.45) is 0. The Bertz CT molecular complexity index is 1270. The van der Waals surface area contributed by atoms with Gasteiger partial charge in [0, 0.05) is 5.69 Å². The van der Waals surface area contributed by atoms with Crippen molar-refractivity contribution in [2.45, 2.75) is 13.0 Å². The number of anilines is 1. The van der Waals surface area contributed by atoms with Crippen LogP contribution in [0.15, 0.2) is 69.5 Å². The van der Waals surface area contributed by atoms with Gasteiger partial charge in [-0.1, -0.05) is 29.8 Å². The van der Waals surface area contributed by atoms with Crippen LogP contribution in [-0.4, -0.2) is 30.2 Å². The highest BCUT2D eigenvalue weighted by Gasteiger charge is 2.42. The number of carbonyl (C=O) groups excluding carboxylic acids is 1. The highest BCUT2D eigenvalue weighted by Crippen LogP contribution is 2.48. The number of thioether (sulfide) groups is 1. The van der Waals surface area contributed by atoms with E-state index in [9.17, 15) is 10.1 Å². The van der Waals surface area contributed by atoms with Crippen LogP contribution in [0, 0.1) is 11.3 Å². The third-order valence-corrected chi connectivity index (χ3v) is 6.48. The van der Waals surface area contributed by atoms with E-state index in [4.69, 9.17) is 26.8 Å². The number of allylic oxidation sites excluding steroid dienone is 2. The first-order chi connectivity index (χ1) is 15.9. The molecule has 0 bridgehead atoms. The Morgan fingerprint density at radius 1 is 1.27 bits per heavy atom. The number of fused-ring (bicyclic) bond motifs is 1. The molecule has 1 amide bonds. The Kier molecular flexibility index (Phi) is 6.22. The van der Waals surface area contributed by atoms with Crippen molar-refractivity contribution >= 4 is 40.1 Å². The lowest BCUT2D eigenvalue weighted by atomic mass is 9.93. The zero-order valence-corrected chi connectivity index (χ0v) is 19.6. The van der Waals surface area contributed by atoms with Crippen LogP contribution >= 0.6 is 23.4 Å². The molecule has 2 aliphatic heterocycles. The smallest absolute Gasteiger partial charge is 0.255 e. The molecule has 0 radical (unpaired) electrons. The number of para-hydroxylation sites is 1. The number of benzene rings is 2. The minimum Gasteiger partial charge on any atom is -0.493 e. The SMILES string of the molecule is COc1cc([C@@H]2C(C(=O)Nc3ccccc3)=C(C)N=C3SC(C#N)=C(N)N32)cc(Cl)c1OC. The van der Waals surface area contributed by atoms with Gasteiger partial charge in [0.15, 0.2) is 16.7 Å². The molecule has 0 saturated heterocycles. The summed E-state index contributed by atoms with van der Waals surface area (Å²) >= 11 is 7.65. The van der Waals surface area contributed by atoms with E-state index in [0.717, 1.165) is 11.8 Å². The van der Waals surface area contributed by atoms with Crippen molar-refractivity contribution < 1.29 is 14.3 Å². The molecule has 2 aliphatic rings. The molecule has 10 heteroatoms. The quantitative estimate of drug-likeness (QED) is 0.651. The van der Waals surface area contributed by atoms with Crippen LogP contribution in [0.25, 0.3) is 0 Å². The Morgan fingerprint density at radius 3 is 2.64 bits per heavy atom. The fourth-order valence-electron chi connectivity index (χ4n) is 3.76. The second-order valence-corrected chi connectivity index (χ2v) is 8.54. The normalized spacial score (nSPS) is 17.4. The number of nitrogens with zero attached hydrogens (tertiary/aromatic N) is 3. The Hall–Kier alpha value is -3.61. The van der Waals surface area contributed by atoms with Crippen molar-refractivity contribution in [2.24, 2.45) is 10.7 Å². The van der Waals surface area contributed by atoms with Gasteiger partial charge in [-0.15, -0.1) is 0 Å². The second-order valence-electron chi connectivity index (χ2n) is 7.15. The van der Waals surface area contributed by atoms with Gasteiger partial charge in [-0.25, -0.2) is 4.99 Å². The van der Waals surface area contributed by atoms with E-state index in [1.165, 1.54) is 14.2 Å². The van der Waals surface area contributed by atoms with E-state index in [0.29, 0.717) is 49.1 Å². The molecular formula is C23H20ClN5O3S. The summed E-state index contributed by atoms with van der Waals surface area (Å²) in [4.78, 5) is 20.0. The summed E-state index contributed by atoms with van der Waals surface area (Å²) in [5.41, 5.74) is 8.48. The van der Waals surface area contributed by atoms with E-state index >= 15 is 0 Å². The molecule has 1 atom stereocenters. The predicted molar refractivity (Wildman–Crippen MR) is 129 cm³/mol. The average molecular weight is 482 g/mol. The number of hydrogen-bond acceptors (Lipinski definition) is 8. The fraction of sp³-hybridized carbons (Fsp3) is 0.174. The molecule has 2 aromatic carbocycles. The van der Waals surface area contributed by atoms with Crippen LogP contribution in [-0.2, 0) is 4.79 Å². The van der Waals surface area contributed by atoms with E-state index in [-0.39, 0.29) is 11.7 Å². The molecule has 33 heavy (non-hydrogen) atoms. The Labute approximate surface area is 200 Å². The first-order valence-electron chi connectivity index (χ1n) is 9.83. The summed E-state index contributed by atoms with van der Waals surface area (Å²) in [7, 11) is 3.00. The Morgan fingerprint density at radius 2 is 2.00 bits per heavy atom. The van der Waals surface area contributed by atoms with Crippen LogP contribution in [0.5, 0.6) is 11.5 Å². The third-order valence-electron chi connectivity index (χ3n) is 5.23. The topological polar surface area (TPSA) is 113 Å². The van der Waals surface area contributed by atoms with E-state index in [1.54, 1.807) is 36.1 Å². The van der Waals surface area contributed by atoms with E-state index in [1.807, 2.05) is 18.2 Å². The summed E-state index contributed by atoms with van der Waals surface area (Å²) in [5, 5.41) is 13.3. The van der Waals surface area contributed by atoms with Gasteiger partial charge < -0.3 is 20.5 Å². The highest BCUT2D eigenvalue weighted by molar-refractivity contribution is 8.17. The minimum atomic E-state index is -0.697. The lowest BCUT2D eigenvalue weighted by Gasteiger charge is -2.35. The molecule has 3 N–H and O–H groups in total. The number of ether oxygens (including phenoxy) is 2. The standard InChI is InChI=1S/C23H20ClN5O3S/c1-12-18(22(30)28-14-7-5-4-6-8-14)19(29-21(26)17(11-25)33-23(29)27-12)13-9-15(24)20(32-3)16(10-13)31-2/h4-10,19H,26H2,1-3H3,(H,28,30)/t19-/m1/s1. The minimum absolute atomic E-state index is 0.217. The number of nitriles is 1. The zero-order chi connectivity index (χ0) is 23.7. The van der Waals surface area contributed by atoms with Crippen LogP contribution < -0.4 is 20.5 Å². The lowest BCUT2D eigenvalue weighted by molar-refractivity contribution is -0.113. The molecule has 0 spiro atoms. The van der Waals surface area contributed by atoms with E-state index in [2.05, 4.69) is 16.4 Å². The largest absolute Gasteiger partial charge is 0.493 e. The first kappa shape index (κ1) is 22.6. The van der Waals surface area contributed by atoms with E-state index < -0.39 is 6.04 Å². The average Bonchev–Trinajstić information content (AvgIpc) is 3.12. The van der Waals surface area contributed by atoms with Gasteiger partial charge in [-0.05, 0) is 48.5 Å². The Balaban J connectivity index is 1.88. The van der Waals surface area contributed by atoms with Crippen molar-refractivity contribution in [3.63, 3.8) is 0 Å². The van der Waals surface area contributed by atoms with Crippen LogP contribution in [0.1, 0.15) is 18.5 Å². The van der Waals surface area contributed by atoms with Crippen LogP contribution in [0.4, 0.5) is 5.69 Å². The van der Waals surface area contributed by atoms with Crippen molar-refractivity contribution in [3.05, 3.63) is 75.0 Å². The monoisotopic (exact) mass is 481 g/mol. The van der Waals surface area contributed by atoms with Crippen LogP contribution in [0.3, 0.4) is 0 Å².